The zero-order valence-electron chi connectivity index (χ0n) is 11.4. The molecule has 0 atom stereocenters. The minimum absolute atomic E-state index is 0.356. The molecule has 17 heavy (non-hydrogen) atoms. The number of rotatable bonds is 9. The third kappa shape index (κ3) is 7.02. The summed E-state index contributed by atoms with van der Waals surface area (Å²) in [5.41, 5.74) is 0. The normalized spacial score (nSPS) is 18.7. The first-order valence-corrected chi connectivity index (χ1v) is 7.23. The summed E-state index contributed by atoms with van der Waals surface area (Å²) in [6.45, 7) is 4.04. The molecule has 102 valence electrons. The van der Waals surface area contributed by atoms with E-state index in [4.69, 9.17) is 9.84 Å². The van der Waals surface area contributed by atoms with Crippen LogP contribution >= 0.6 is 0 Å². The van der Waals surface area contributed by atoms with Crippen molar-refractivity contribution in [3.8, 4) is 0 Å². The SMILES string of the molecule is COC1CCN(CCCCCCCCO)CC1. The third-order valence-electron chi connectivity index (χ3n) is 3.75. The van der Waals surface area contributed by atoms with Gasteiger partial charge in [-0.15, -0.1) is 0 Å². The van der Waals surface area contributed by atoms with Crippen LogP contribution in [0.3, 0.4) is 0 Å². The van der Waals surface area contributed by atoms with Crippen LogP contribution in [0.1, 0.15) is 51.4 Å². The number of unbranched alkanes of at least 4 members (excludes halogenated alkanes) is 5. The molecule has 1 rings (SSSR count). The van der Waals surface area contributed by atoms with E-state index in [-0.39, 0.29) is 0 Å². The molecule has 0 radical (unpaired) electrons. The van der Waals surface area contributed by atoms with Crippen molar-refractivity contribution < 1.29 is 9.84 Å². The van der Waals surface area contributed by atoms with Crippen LogP contribution in [0.15, 0.2) is 0 Å². The van der Waals surface area contributed by atoms with E-state index in [2.05, 4.69) is 4.90 Å². The molecule has 1 heterocycles. The highest BCUT2D eigenvalue weighted by molar-refractivity contribution is 4.71. The number of ether oxygens (including phenoxy) is 1. The third-order valence-corrected chi connectivity index (χ3v) is 3.75. The lowest BCUT2D eigenvalue weighted by Gasteiger charge is -2.31. The van der Waals surface area contributed by atoms with Gasteiger partial charge < -0.3 is 14.7 Å². The van der Waals surface area contributed by atoms with Gasteiger partial charge in [-0.3, -0.25) is 0 Å². The lowest BCUT2D eigenvalue weighted by molar-refractivity contribution is 0.0407. The predicted octanol–water partition coefficient (Wildman–Crippen LogP) is 2.43. The highest BCUT2D eigenvalue weighted by Crippen LogP contribution is 2.14. The van der Waals surface area contributed by atoms with Gasteiger partial charge >= 0.3 is 0 Å². The van der Waals surface area contributed by atoms with Crippen LogP contribution in [-0.2, 0) is 4.74 Å². The lowest BCUT2D eigenvalue weighted by atomic mass is 10.1. The number of methoxy groups -OCH3 is 1. The fourth-order valence-electron chi connectivity index (χ4n) is 2.52. The van der Waals surface area contributed by atoms with Crippen LogP contribution in [-0.4, -0.2) is 49.5 Å². The average Bonchev–Trinajstić information content (AvgIpc) is 2.38. The fraction of sp³-hybridized carbons (Fsp3) is 1.00. The summed E-state index contributed by atoms with van der Waals surface area (Å²) in [6.07, 6.45) is 10.4. The first-order chi connectivity index (χ1) is 8.36. The lowest BCUT2D eigenvalue weighted by Crippen LogP contribution is -2.37. The van der Waals surface area contributed by atoms with E-state index in [1.54, 1.807) is 0 Å². The molecule has 0 aliphatic carbocycles. The molecule has 1 aliphatic heterocycles. The Kier molecular flexibility index (Phi) is 8.67. The van der Waals surface area contributed by atoms with Gasteiger partial charge in [-0.1, -0.05) is 25.7 Å². The van der Waals surface area contributed by atoms with Gasteiger partial charge in [0.2, 0.25) is 0 Å². The summed E-state index contributed by atoms with van der Waals surface area (Å²) >= 11 is 0. The van der Waals surface area contributed by atoms with Crippen molar-refractivity contribution in [3.05, 3.63) is 0 Å². The molecule has 1 aliphatic rings. The number of aliphatic hydroxyl groups excluding tert-OH is 1. The molecule has 1 saturated heterocycles. The number of likely N-dealkylation sites (tertiary alicyclic amines) is 1. The van der Waals surface area contributed by atoms with E-state index in [1.165, 1.54) is 64.6 Å². The highest BCUT2D eigenvalue weighted by Gasteiger charge is 2.17. The Balaban J connectivity index is 1.87. The fourth-order valence-corrected chi connectivity index (χ4v) is 2.52. The zero-order chi connectivity index (χ0) is 12.3. The zero-order valence-corrected chi connectivity index (χ0v) is 11.4. The van der Waals surface area contributed by atoms with Crippen LogP contribution in [0.4, 0.5) is 0 Å². The minimum Gasteiger partial charge on any atom is -0.396 e. The van der Waals surface area contributed by atoms with E-state index in [9.17, 15) is 0 Å². The van der Waals surface area contributed by atoms with Crippen molar-refractivity contribution >= 4 is 0 Å². The molecule has 0 unspecified atom stereocenters. The standard InChI is InChI=1S/C14H29NO2/c1-17-14-8-11-15(12-9-14)10-6-4-2-3-5-7-13-16/h14,16H,2-13H2,1H3. The van der Waals surface area contributed by atoms with Crippen molar-refractivity contribution in [1.29, 1.82) is 0 Å². The maximum absolute atomic E-state index is 8.66. The topological polar surface area (TPSA) is 32.7 Å². The van der Waals surface area contributed by atoms with Crippen molar-refractivity contribution in [3.63, 3.8) is 0 Å². The molecular formula is C14H29NO2. The Hall–Kier alpha value is -0.120. The van der Waals surface area contributed by atoms with Crippen LogP contribution in [0.25, 0.3) is 0 Å². The molecule has 3 heteroatoms. The number of nitrogens with zero attached hydrogens (tertiary/aromatic N) is 1. The minimum atomic E-state index is 0.356. The van der Waals surface area contributed by atoms with Crippen LogP contribution in [0.5, 0.6) is 0 Å². The molecule has 3 nitrogen and oxygen atoms in total. The highest BCUT2D eigenvalue weighted by atomic mass is 16.5. The molecule has 0 amide bonds. The van der Waals surface area contributed by atoms with E-state index in [0.717, 1.165) is 6.42 Å². The molecule has 1 fully saturated rings. The smallest absolute Gasteiger partial charge is 0.0595 e. The second-order valence-corrected chi connectivity index (χ2v) is 5.12. The summed E-state index contributed by atoms with van der Waals surface area (Å²) in [6, 6.07) is 0. The number of aliphatic hydroxyl groups is 1. The molecule has 0 saturated carbocycles. The van der Waals surface area contributed by atoms with Gasteiger partial charge in [-0.05, 0) is 32.2 Å². The van der Waals surface area contributed by atoms with E-state index >= 15 is 0 Å². The Morgan fingerprint density at radius 3 is 2.18 bits per heavy atom. The first-order valence-electron chi connectivity index (χ1n) is 7.23. The Morgan fingerprint density at radius 1 is 1.00 bits per heavy atom. The van der Waals surface area contributed by atoms with Gasteiger partial charge in [0.25, 0.3) is 0 Å². The number of hydrogen-bond donors (Lipinski definition) is 1. The number of hydrogen-bond acceptors (Lipinski definition) is 3. The molecule has 0 bridgehead atoms. The predicted molar refractivity (Wildman–Crippen MR) is 71.3 cm³/mol. The monoisotopic (exact) mass is 243 g/mol. The van der Waals surface area contributed by atoms with Gasteiger partial charge in [0.1, 0.15) is 0 Å². The maximum Gasteiger partial charge on any atom is 0.0595 e. The number of piperidine rings is 1. The molecule has 1 N–H and O–H groups in total. The maximum atomic E-state index is 8.66. The van der Waals surface area contributed by atoms with E-state index in [0.29, 0.717) is 12.7 Å². The Morgan fingerprint density at radius 2 is 1.59 bits per heavy atom. The summed E-state index contributed by atoms with van der Waals surface area (Å²) in [5, 5.41) is 8.66. The van der Waals surface area contributed by atoms with Crippen molar-refractivity contribution in [1.82, 2.24) is 4.90 Å². The van der Waals surface area contributed by atoms with E-state index < -0.39 is 0 Å². The van der Waals surface area contributed by atoms with Gasteiger partial charge in [-0.2, -0.15) is 0 Å². The second kappa shape index (κ2) is 9.86. The summed E-state index contributed by atoms with van der Waals surface area (Å²) in [5.74, 6) is 0. The van der Waals surface area contributed by atoms with Crippen molar-refractivity contribution in [2.45, 2.75) is 57.5 Å². The first kappa shape index (κ1) is 14.9. The molecule has 0 aromatic carbocycles. The largest absolute Gasteiger partial charge is 0.396 e. The summed E-state index contributed by atoms with van der Waals surface area (Å²) in [4.78, 5) is 2.57. The van der Waals surface area contributed by atoms with Crippen LogP contribution in [0.2, 0.25) is 0 Å². The van der Waals surface area contributed by atoms with Gasteiger partial charge in [0.15, 0.2) is 0 Å². The van der Waals surface area contributed by atoms with Crippen LogP contribution < -0.4 is 0 Å². The quantitative estimate of drug-likeness (QED) is 0.631. The summed E-state index contributed by atoms with van der Waals surface area (Å²) < 4.78 is 5.37. The molecular weight excluding hydrogens is 214 g/mol. The molecule has 0 aromatic heterocycles. The van der Waals surface area contributed by atoms with Gasteiger partial charge in [0.05, 0.1) is 6.10 Å². The van der Waals surface area contributed by atoms with Gasteiger partial charge in [0, 0.05) is 26.8 Å². The van der Waals surface area contributed by atoms with Gasteiger partial charge in [-0.25, -0.2) is 0 Å². The van der Waals surface area contributed by atoms with Crippen molar-refractivity contribution in [2.24, 2.45) is 0 Å². The van der Waals surface area contributed by atoms with Crippen molar-refractivity contribution in [2.75, 3.05) is 33.4 Å². The second-order valence-electron chi connectivity index (χ2n) is 5.12. The average molecular weight is 243 g/mol. The molecule has 0 spiro atoms. The Labute approximate surface area is 106 Å². The van der Waals surface area contributed by atoms with E-state index in [1.807, 2.05) is 7.11 Å². The Bertz CT molecular complexity index is 168. The van der Waals surface area contributed by atoms with Crippen LogP contribution in [0, 0.1) is 0 Å². The summed E-state index contributed by atoms with van der Waals surface area (Å²) in [7, 11) is 1.83. The molecule has 0 aromatic rings.